The molecule has 0 spiro atoms. The summed E-state index contributed by atoms with van der Waals surface area (Å²) in [5.74, 6) is -41.8. The van der Waals surface area contributed by atoms with Crippen molar-refractivity contribution in [2.45, 2.75) is 48.3 Å². The molecule has 0 atom stereocenters. The van der Waals surface area contributed by atoms with Gasteiger partial charge < -0.3 is 18.6 Å². The molecule has 1 amide bonds. The molecule has 0 fully saturated rings. The minimum absolute atomic E-state index is 0.259. The summed E-state index contributed by atoms with van der Waals surface area (Å²) >= 11 is 0. The molecule has 0 saturated carbocycles. The van der Waals surface area contributed by atoms with Crippen molar-refractivity contribution in [3.8, 4) is 0 Å². The maximum Gasteiger partial charge on any atom is 0.500 e. The van der Waals surface area contributed by atoms with Gasteiger partial charge in [-0.3, -0.25) is 4.79 Å². The van der Waals surface area contributed by atoms with E-state index in [9.17, 15) is 61.9 Å². The number of alkyl halides is 13. The largest absolute Gasteiger partial charge is 0.500 e. The van der Waals surface area contributed by atoms with Crippen LogP contribution in [0.5, 0.6) is 0 Å². The molecule has 0 unspecified atom stereocenters. The zero-order valence-corrected chi connectivity index (χ0v) is 17.2. The quantitative estimate of drug-likeness (QED) is 0.237. The predicted octanol–water partition coefficient (Wildman–Crippen LogP) is 4.11. The summed E-state index contributed by atoms with van der Waals surface area (Å²) in [6.07, 6.45) is -7.96. The number of hydrogen-bond donors (Lipinski definition) is 1. The van der Waals surface area contributed by atoms with Crippen molar-refractivity contribution in [2.75, 3.05) is 27.9 Å². The van der Waals surface area contributed by atoms with E-state index in [1.807, 2.05) is 0 Å². The van der Waals surface area contributed by atoms with Gasteiger partial charge in [0.05, 0.1) is 0 Å². The van der Waals surface area contributed by atoms with Gasteiger partial charge in [0.1, 0.15) is 0 Å². The first kappa shape index (κ1) is 30.7. The van der Waals surface area contributed by atoms with Crippen LogP contribution in [0.4, 0.5) is 57.1 Å². The molecule has 192 valence electrons. The van der Waals surface area contributed by atoms with Crippen LogP contribution >= 0.6 is 0 Å². The maximum atomic E-state index is 13.6. The zero-order valence-electron chi connectivity index (χ0n) is 16.2. The standard InChI is InChI=1S/C13H16F13NO4Si/c1-29-32(30-2,31-3)6-4-5-27-7(28)8(14,15)9(16,17)10(18,19)11(20,21)12(22,23)13(24,25)26/h4-6H2,1-3H3,(H,27,28). The Morgan fingerprint density at radius 1 is 0.688 bits per heavy atom. The van der Waals surface area contributed by atoms with E-state index in [-0.39, 0.29) is 6.04 Å². The van der Waals surface area contributed by atoms with Crippen molar-refractivity contribution in [2.24, 2.45) is 0 Å². The molecule has 0 aromatic rings. The SMILES string of the molecule is CO[Si](CCCNC(=O)C(F)(F)C(F)(F)C(F)(F)C(F)(F)C(F)(F)C(F)(F)F)(OC)OC. The third-order valence-corrected chi connectivity index (χ3v) is 6.93. The first-order valence-electron chi connectivity index (χ1n) is 7.96. The lowest BCUT2D eigenvalue weighted by Gasteiger charge is -2.39. The van der Waals surface area contributed by atoms with Gasteiger partial charge >= 0.3 is 44.6 Å². The molecule has 0 aromatic carbocycles. The van der Waals surface area contributed by atoms with E-state index in [0.29, 0.717) is 0 Å². The molecular weight excluding hydrogens is 509 g/mol. The predicted molar refractivity (Wildman–Crippen MR) is 80.0 cm³/mol. The first-order valence-corrected chi connectivity index (χ1v) is 9.89. The Labute approximate surface area is 172 Å². The lowest BCUT2D eigenvalue weighted by atomic mass is 9.93. The highest BCUT2D eigenvalue weighted by Gasteiger charge is 2.91. The number of carbonyl (C=O) groups is 1. The minimum atomic E-state index is -8.06. The van der Waals surface area contributed by atoms with Crippen LogP contribution in [-0.4, -0.2) is 78.4 Å². The molecule has 0 aromatic heterocycles. The normalized spacial score (nSPS) is 15.1. The fourth-order valence-corrected chi connectivity index (χ4v) is 3.81. The van der Waals surface area contributed by atoms with E-state index in [0.717, 1.165) is 26.6 Å². The van der Waals surface area contributed by atoms with Gasteiger partial charge in [0.15, 0.2) is 0 Å². The molecule has 0 radical (unpaired) electrons. The molecule has 19 heteroatoms. The van der Waals surface area contributed by atoms with Gasteiger partial charge in [0.25, 0.3) is 5.91 Å². The van der Waals surface area contributed by atoms with Crippen LogP contribution in [0, 0.1) is 0 Å². The number of carbonyl (C=O) groups excluding carboxylic acids is 1. The number of hydrogen-bond acceptors (Lipinski definition) is 4. The molecule has 0 aliphatic heterocycles. The molecule has 0 aliphatic rings. The van der Waals surface area contributed by atoms with Crippen molar-refractivity contribution in [1.29, 1.82) is 0 Å². The Morgan fingerprint density at radius 3 is 1.41 bits per heavy atom. The van der Waals surface area contributed by atoms with Crippen LogP contribution in [0.3, 0.4) is 0 Å². The maximum absolute atomic E-state index is 13.6. The van der Waals surface area contributed by atoms with Gasteiger partial charge in [-0.1, -0.05) is 0 Å². The second kappa shape index (κ2) is 9.49. The summed E-state index contributed by atoms with van der Waals surface area (Å²) < 4.78 is 183. The minimum Gasteiger partial charge on any atom is -0.377 e. The molecule has 32 heavy (non-hydrogen) atoms. The Morgan fingerprint density at radius 2 is 1.06 bits per heavy atom. The molecule has 1 N–H and O–H groups in total. The van der Waals surface area contributed by atoms with Crippen molar-refractivity contribution in [3.63, 3.8) is 0 Å². The van der Waals surface area contributed by atoms with Crippen LogP contribution in [0.25, 0.3) is 0 Å². The van der Waals surface area contributed by atoms with Crippen LogP contribution in [0.2, 0.25) is 6.04 Å². The van der Waals surface area contributed by atoms with Gasteiger partial charge in [-0.05, 0) is 6.42 Å². The van der Waals surface area contributed by atoms with Gasteiger partial charge in [-0.2, -0.15) is 57.1 Å². The number of amides is 1. The van der Waals surface area contributed by atoms with Gasteiger partial charge in [0, 0.05) is 33.9 Å². The fourth-order valence-electron chi connectivity index (χ4n) is 2.09. The van der Waals surface area contributed by atoms with Crippen molar-refractivity contribution in [1.82, 2.24) is 5.32 Å². The van der Waals surface area contributed by atoms with Crippen LogP contribution in [0.1, 0.15) is 6.42 Å². The van der Waals surface area contributed by atoms with E-state index in [1.54, 1.807) is 0 Å². The van der Waals surface area contributed by atoms with Gasteiger partial charge in [0.2, 0.25) is 0 Å². The van der Waals surface area contributed by atoms with E-state index >= 15 is 0 Å². The number of nitrogens with one attached hydrogen (secondary N) is 1. The van der Waals surface area contributed by atoms with Crippen molar-refractivity contribution >= 4 is 14.7 Å². The van der Waals surface area contributed by atoms with Crippen LogP contribution in [0.15, 0.2) is 0 Å². The highest BCUT2D eigenvalue weighted by atomic mass is 28.4. The summed E-state index contributed by atoms with van der Waals surface area (Å²) in [4.78, 5) is 11.3. The lowest BCUT2D eigenvalue weighted by Crippen LogP contribution is -2.72. The Hall–Kier alpha value is -1.34. The third-order valence-electron chi connectivity index (χ3n) is 4.10. The molecule has 0 aliphatic carbocycles. The third kappa shape index (κ3) is 4.93. The molecule has 5 nitrogen and oxygen atoms in total. The molecular formula is C13H16F13NO4Si. The molecule has 0 rings (SSSR count). The van der Waals surface area contributed by atoms with Crippen LogP contribution < -0.4 is 5.32 Å². The molecule has 0 heterocycles. The zero-order chi connectivity index (χ0) is 26.0. The second-order valence-electron chi connectivity index (χ2n) is 6.02. The summed E-state index contributed by atoms with van der Waals surface area (Å²) in [5.41, 5.74) is 0. The van der Waals surface area contributed by atoms with E-state index in [1.165, 1.54) is 0 Å². The lowest BCUT2D eigenvalue weighted by molar-refractivity contribution is -0.436. The van der Waals surface area contributed by atoms with E-state index < -0.39 is 63.5 Å². The highest BCUT2D eigenvalue weighted by molar-refractivity contribution is 6.60. The number of halogens is 13. The summed E-state index contributed by atoms with van der Waals surface area (Å²) in [5, 5.41) is 0.965. The fraction of sp³-hybridized carbons (Fsp3) is 0.923. The van der Waals surface area contributed by atoms with Crippen LogP contribution in [-0.2, 0) is 18.1 Å². The summed E-state index contributed by atoms with van der Waals surface area (Å²) in [6.45, 7) is -1.00. The number of rotatable bonds is 12. The topological polar surface area (TPSA) is 56.8 Å². The second-order valence-corrected chi connectivity index (χ2v) is 9.12. The average molecular weight is 525 g/mol. The van der Waals surface area contributed by atoms with Crippen molar-refractivity contribution < 1.29 is 75.1 Å². The average Bonchev–Trinajstić information content (AvgIpc) is 2.66. The summed E-state index contributed by atoms with van der Waals surface area (Å²) in [6, 6.07) is -0.259. The smallest absolute Gasteiger partial charge is 0.377 e. The van der Waals surface area contributed by atoms with E-state index in [4.69, 9.17) is 13.3 Å². The summed E-state index contributed by atoms with van der Waals surface area (Å²) in [7, 11) is -0.0536. The van der Waals surface area contributed by atoms with Gasteiger partial charge in [-0.25, -0.2) is 0 Å². The van der Waals surface area contributed by atoms with Crippen molar-refractivity contribution in [3.05, 3.63) is 0 Å². The Balaban J connectivity index is 5.69. The highest BCUT2D eigenvalue weighted by Crippen LogP contribution is 2.60. The molecule has 0 saturated heterocycles. The monoisotopic (exact) mass is 525 g/mol. The Bertz CT molecular complexity index is 644. The first-order chi connectivity index (χ1) is 14.1. The molecule has 0 bridgehead atoms. The Kier molecular flexibility index (Phi) is 9.09. The van der Waals surface area contributed by atoms with E-state index in [2.05, 4.69) is 0 Å². The van der Waals surface area contributed by atoms with Gasteiger partial charge in [-0.15, -0.1) is 0 Å².